The highest BCUT2D eigenvalue weighted by Crippen LogP contribution is 2.34. The number of halogens is 1. The molecule has 52 valence electrons. The summed E-state index contributed by atoms with van der Waals surface area (Å²) in [5, 5.41) is 0. The third-order valence-electron chi connectivity index (χ3n) is 1.61. The van der Waals surface area contributed by atoms with E-state index in [0.717, 1.165) is 0 Å². The van der Waals surface area contributed by atoms with Crippen molar-refractivity contribution in [3.8, 4) is 0 Å². The normalized spacial score (nSPS) is 15.2. The Hall–Kier alpha value is 0.170. The van der Waals surface area contributed by atoms with Gasteiger partial charge in [-0.05, 0) is 50.8 Å². The van der Waals surface area contributed by atoms with E-state index in [1.807, 2.05) is 11.3 Å². The zero-order valence-electron chi connectivity index (χ0n) is 5.65. The van der Waals surface area contributed by atoms with Gasteiger partial charge in [-0.15, -0.1) is 11.3 Å². The molecule has 0 bridgehead atoms. The molecule has 0 N–H and O–H groups in total. The summed E-state index contributed by atoms with van der Waals surface area (Å²) < 4.78 is 1.47. The Bertz CT molecular complexity index is 296. The van der Waals surface area contributed by atoms with Crippen LogP contribution in [0.15, 0.2) is 9.65 Å². The Morgan fingerprint density at radius 2 is 2.40 bits per heavy atom. The van der Waals surface area contributed by atoms with Gasteiger partial charge < -0.3 is 0 Å². The van der Waals surface area contributed by atoms with Crippen LogP contribution in [0.25, 0.3) is 6.08 Å². The third kappa shape index (κ3) is 1.03. The molecule has 0 saturated carbocycles. The van der Waals surface area contributed by atoms with Gasteiger partial charge in [0.2, 0.25) is 0 Å². The lowest BCUT2D eigenvalue weighted by atomic mass is 10.2. The van der Waals surface area contributed by atoms with E-state index >= 15 is 0 Å². The molecule has 0 atom stereocenters. The highest BCUT2D eigenvalue weighted by Gasteiger charge is 2.12. The van der Waals surface area contributed by atoms with Crippen molar-refractivity contribution in [3.63, 3.8) is 0 Å². The maximum absolute atomic E-state index is 2.40. The molecule has 1 aliphatic carbocycles. The average Bonchev–Trinajstić information content (AvgIpc) is 2.21. The fraction of sp³-hybridized carbons (Fsp3) is 0.250. The first kappa shape index (κ1) is 6.85. The number of fused-ring (bicyclic) bond motifs is 1. The molecule has 1 aromatic rings. The second kappa shape index (κ2) is 2.34. The minimum Gasteiger partial charge on any atom is -0.141 e. The van der Waals surface area contributed by atoms with Crippen molar-refractivity contribution in [2.24, 2.45) is 0 Å². The molecule has 1 aliphatic rings. The molecule has 0 spiro atoms. The molecule has 2 heteroatoms. The largest absolute Gasteiger partial charge is 0.141 e. The van der Waals surface area contributed by atoms with Crippen LogP contribution in [0.2, 0.25) is 0 Å². The zero-order valence-corrected chi connectivity index (χ0v) is 8.62. The van der Waals surface area contributed by atoms with Crippen LogP contribution < -0.4 is 0 Å². The lowest BCUT2D eigenvalue weighted by molar-refractivity contribution is 1.32. The average molecular weight is 262 g/mol. The highest BCUT2D eigenvalue weighted by atomic mass is 127. The Balaban J connectivity index is 2.53. The molecule has 0 aromatic carbocycles. The van der Waals surface area contributed by atoms with Crippen LogP contribution in [0.3, 0.4) is 0 Å². The minimum absolute atomic E-state index is 1.17. The van der Waals surface area contributed by atoms with E-state index in [1.54, 1.807) is 0 Å². The molecule has 10 heavy (non-hydrogen) atoms. The van der Waals surface area contributed by atoms with Crippen molar-refractivity contribution in [2.75, 3.05) is 0 Å². The second-order valence-electron chi connectivity index (χ2n) is 2.51. The number of thiophene rings is 1. The van der Waals surface area contributed by atoms with Crippen LogP contribution in [-0.2, 0) is 6.42 Å². The van der Waals surface area contributed by atoms with Crippen molar-refractivity contribution in [2.45, 2.75) is 13.3 Å². The predicted octanol–water partition coefficient (Wildman–Crippen LogP) is 3.39. The quantitative estimate of drug-likeness (QED) is 0.629. The SMILES string of the molecule is Cc1cc2c(s1)C=C(I)C2. The summed E-state index contributed by atoms with van der Waals surface area (Å²) in [7, 11) is 0. The second-order valence-corrected chi connectivity index (χ2v) is 5.19. The smallest absolute Gasteiger partial charge is 0.0316 e. The van der Waals surface area contributed by atoms with Crippen LogP contribution in [-0.4, -0.2) is 0 Å². The summed E-state index contributed by atoms with van der Waals surface area (Å²) in [4.78, 5) is 2.91. The molecule has 0 unspecified atom stereocenters. The molecule has 1 heterocycles. The van der Waals surface area contributed by atoms with Crippen molar-refractivity contribution >= 4 is 40.0 Å². The van der Waals surface area contributed by atoms with Gasteiger partial charge in [0.1, 0.15) is 0 Å². The van der Waals surface area contributed by atoms with Gasteiger partial charge in [-0.1, -0.05) is 0 Å². The van der Waals surface area contributed by atoms with Crippen LogP contribution >= 0.6 is 33.9 Å². The van der Waals surface area contributed by atoms with Gasteiger partial charge in [-0.3, -0.25) is 0 Å². The van der Waals surface area contributed by atoms with Crippen LogP contribution in [0.4, 0.5) is 0 Å². The van der Waals surface area contributed by atoms with Gasteiger partial charge in [0, 0.05) is 16.2 Å². The van der Waals surface area contributed by atoms with Gasteiger partial charge in [-0.25, -0.2) is 0 Å². The maximum atomic E-state index is 2.40. The van der Waals surface area contributed by atoms with Crippen LogP contribution in [0.1, 0.15) is 15.3 Å². The molecular formula is C8H7IS. The van der Waals surface area contributed by atoms with E-state index < -0.39 is 0 Å². The summed E-state index contributed by atoms with van der Waals surface area (Å²) in [6.45, 7) is 2.17. The predicted molar refractivity (Wildman–Crippen MR) is 54.8 cm³/mol. The highest BCUT2D eigenvalue weighted by molar-refractivity contribution is 14.1. The summed E-state index contributed by atoms with van der Waals surface area (Å²) in [5.41, 5.74) is 1.52. The van der Waals surface area contributed by atoms with Gasteiger partial charge in [0.05, 0.1) is 0 Å². The zero-order chi connectivity index (χ0) is 7.14. The van der Waals surface area contributed by atoms with E-state index in [4.69, 9.17) is 0 Å². The number of allylic oxidation sites excluding steroid dienone is 1. The maximum Gasteiger partial charge on any atom is 0.0316 e. The Morgan fingerprint density at radius 1 is 1.60 bits per heavy atom. The molecule has 0 fully saturated rings. The molecule has 0 aliphatic heterocycles. The Labute approximate surface area is 78.1 Å². The van der Waals surface area contributed by atoms with Crippen molar-refractivity contribution in [1.29, 1.82) is 0 Å². The van der Waals surface area contributed by atoms with Gasteiger partial charge >= 0.3 is 0 Å². The number of aryl methyl sites for hydroxylation is 1. The first-order valence-electron chi connectivity index (χ1n) is 3.21. The van der Waals surface area contributed by atoms with Gasteiger partial charge in [-0.2, -0.15) is 0 Å². The lowest BCUT2D eigenvalue weighted by Crippen LogP contribution is -1.72. The number of hydrogen-bond donors (Lipinski definition) is 0. The molecule has 0 nitrogen and oxygen atoms in total. The monoisotopic (exact) mass is 262 g/mol. The first-order chi connectivity index (χ1) is 4.75. The fourth-order valence-electron chi connectivity index (χ4n) is 1.22. The van der Waals surface area contributed by atoms with E-state index in [2.05, 4.69) is 41.7 Å². The minimum atomic E-state index is 1.17. The topological polar surface area (TPSA) is 0 Å². The van der Waals surface area contributed by atoms with Crippen molar-refractivity contribution in [1.82, 2.24) is 0 Å². The van der Waals surface area contributed by atoms with E-state index in [0.29, 0.717) is 0 Å². The first-order valence-corrected chi connectivity index (χ1v) is 5.10. The summed E-state index contributed by atoms with van der Waals surface area (Å²) >= 11 is 4.30. The van der Waals surface area contributed by atoms with Crippen molar-refractivity contribution < 1.29 is 0 Å². The van der Waals surface area contributed by atoms with E-state index in [1.165, 1.54) is 25.3 Å². The lowest BCUT2D eigenvalue weighted by Gasteiger charge is -1.84. The van der Waals surface area contributed by atoms with Gasteiger partial charge in [0.15, 0.2) is 0 Å². The van der Waals surface area contributed by atoms with Gasteiger partial charge in [0.25, 0.3) is 0 Å². The molecular weight excluding hydrogens is 255 g/mol. The number of hydrogen-bond acceptors (Lipinski definition) is 1. The van der Waals surface area contributed by atoms with Crippen LogP contribution in [0.5, 0.6) is 0 Å². The van der Waals surface area contributed by atoms with E-state index in [9.17, 15) is 0 Å². The van der Waals surface area contributed by atoms with E-state index in [-0.39, 0.29) is 0 Å². The molecule has 1 aromatic heterocycles. The standard InChI is InChI=1S/C8H7IS/c1-5-2-6-3-7(9)4-8(6)10-5/h2,4H,3H2,1H3. The number of rotatable bonds is 0. The summed E-state index contributed by atoms with van der Waals surface area (Å²) in [6.07, 6.45) is 3.45. The Morgan fingerprint density at radius 3 is 3.10 bits per heavy atom. The molecule has 0 saturated heterocycles. The van der Waals surface area contributed by atoms with Crippen LogP contribution in [0, 0.1) is 6.92 Å². The molecule has 0 radical (unpaired) electrons. The summed E-state index contributed by atoms with van der Waals surface area (Å²) in [5.74, 6) is 0. The fourth-order valence-corrected chi connectivity index (χ4v) is 3.17. The molecule has 0 amide bonds. The third-order valence-corrected chi connectivity index (χ3v) is 3.34. The summed E-state index contributed by atoms with van der Waals surface area (Å²) in [6, 6.07) is 2.29. The molecule has 2 rings (SSSR count). The van der Waals surface area contributed by atoms with Crippen molar-refractivity contribution in [3.05, 3.63) is 25.0 Å². The Kier molecular flexibility index (Phi) is 1.60.